The van der Waals surface area contributed by atoms with Gasteiger partial charge in [0.15, 0.2) is 0 Å². The van der Waals surface area contributed by atoms with Crippen molar-refractivity contribution in [1.29, 1.82) is 0 Å². The summed E-state index contributed by atoms with van der Waals surface area (Å²) in [6.07, 6.45) is 4.25. The summed E-state index contributed by atoms with van der Waals surface area (Å²) in [5.74, 6) is 6.46. The smallest absolute Gasteiger partial charge is 0.257 e. The highest BCUT2D eigenvalue weighted by molar-refractivity contribution is 5.36. The fourth-order valence-electron chi connectivity index (χ4n) is 1.52. The van der Waals surface area contributed by atoms with Gasteiger partial charge >= 0.3 is 0 Å². The Labute approximate surface area is 116 Å². The van der Waals surface area contributed by atoms with Crippen LogP contribution in [0.3, 0.4) is 0 Å². The third-order valence-electron chi connectivity index (χ3n) is 2.41. The molecule has 0 aliphatic heterocycles. The Morgan fingerprint density at radius 1 is 1.30 bits per heavy atom. The monoisotopic (exact) mass is 278 g/mol. The molecule has 0 aliphatic carbocycles. The molecule has 9 nitrogen and oxygen atoms in total. The molecule has 0 saturated heterocycles. The first-order chi connectivity index (χ1) is 9.83. The number of ether oxygens (including phenoxy) is 1. The predicted octanol–water partition coefficient (Wildman–Crippen LogP) is 0.181. The van der Waals surface area contributed by atoms with E-state index in [0.29, 0.717) is 25.0 Å². The van der Waals surface area contributed by atoms with Crippen LogP contribution in [0.1, 0.15) is 13.3 Å². The lowest BCUT2D eigenvalue weighted by Crippen LogP contribution is -2.16. The van der Waals surface area contributed by atoms with E-state index in [1.807, 2.05) is 6.92 Å². The maximum absolute atomic E-state index is 5.36. The van der Waals surface area contributed by atoms with Crippen LogP contribution >= 0.6 is 0 Å². The van der Waals surface area contributed by atoms with Crippen molar-refractivity contribution in [2.24, 2.45) is 5.84 Å². The van der Waals surface area contributed by atoms with E-state index >= 15 is 0 Å². The molecule has 4 N–H and O–H groups in total. The van der Waals surface area contributed by atoms with Gasteiger partial charge in [-0.2, -0.15) is 20.1 Å². The van der Waals surface area contributed by atoms with E-state index in [9.17, 15) is 0 Å². The minimum absolute atomic E-state index is 0.276. The molecule has 0 bridgehead atoms. The number of aromatic nitrogens is 5. The van der Waals surface area contributed by atoms with E-state index in [1.165, 1.54) is 4.68 Å². The Hall–Kier alpha value is -2.26. The van der Waals surface area contributed by atoms with E-state index in [2.05, 4.69) is 30.8 Å². The molecule has 0 radical (unpaired) electrons. The summed E-state index contributed by atoms with van der Waals surface area (Å²) >= 11 is 0. The summed E-state index contributed by atoms with van der Waals surface area (Å²) in [5.41, 5.74) is 2.41. The molecule has 0 spiro atoms. The van der Waals surface area contributed by atoms with Crippen LogP contribution in [0, 0.1) is 0 Å². The van der Waals surface area contributed by atoms with Crippen LogP contribution in [0.2, 0.25) is 0 Å². The number of hydrazine groups is 1. The van der Waals surface area contributed by atoms with E-state index in [0.717, 1.165) is 13.0 Å². The number of hydrogen-bond donors (Lipinski definition) is 3. The lowest BCUT2D eigenvalue weighted by molar-refractivity contribution is 0.147. The molecule has 2 heterocycles. The van der Waals surface area contributed by atoms with E-state index in [-0.39, 0.29) is 5.95 Å². The molecule has 0 fully saturated rings. The minimum Gasteiger partial charge on any atom is -0.382 e. The number of anilines is 2. The van der Waals surface area contributed by atoms with E-state index in [4.69, 9.17) is 10.6 Å². The van der Waals surface area contributed by atoms with Gasteiger partial charge in [0, 0.05) is 32.2 Å². The number of nitrogen functional groups attached to an aromatic ring is 1. The van der Waals surface area contributed by atoms with Crippen molar-refractivity contribution < 1.29 is 4.74 Å². The molecule has 2 rings (SSSR count). The molecule has 20 heavy (non-hydrogen) atoms. The minimum atomic E-state index is 0.276. The Balaban J connectivity index is 2.03. The van der Waals surface area contributed by atoms with Crippen LogP contribution in [-0.2, 0) is 4.74 Å². The molecule has 0 saturated carbocycles. The standard InChI is InChI=1S/C11H18N8O/c1-2-20-8-4-5-13-9-15-10(18-12)17-11(16-9)19-7-3-6-14-19/h3,6-7H,2,4-5,8,12H2,1H3,(H2,13,15,16,17,18). The quantitative estimate of drug-likeness (QED) is 0.356. The molecule has 0 aromatic carbocycles. The van der Waals surface area contributed by atoms with Crippen LogP contribution in [0.5, 0.6) is 0 Å². The van der Waals surface area contributed by atoms with Gasteiger partial charge in [-0.25, -0.2) is 10.5 Å². The number of nitrogens with two attached hydrogens (primary N) is 1. The first kappa shape index (κ1) is 14.2. The van der Waals surface area contributed by atoms with Crippen LogP contribution < -0.4 is 16.6 Å². The van der Waals surface area contributed by atoms with Crippen LogP contribution in [0.15, 0.2) is 18.5 Å². The van der Waals surface area contributed by atoms with Gasteiger partial charge in [-0.1, -0.05) is 0 Å². The summed E-state index contributed by atoms with van der Waals surface area (Å²) in [6.45, 7) is 4.08. The van der Waals surface area contributed by atoms with Crippen LogP contribution in [-0.4, -0.2) is 44.5 Å². The molecular weight excluding hydrogens is 260 g/mol. The van der Waals surface area contributed by atoms with Crippen molar-refractivity contribution in [1.82, 2.24) is 24.7 Å². The number of nitrogens with zero attached hydrogens (tertiary/aromatic N) is 5. The Bertz CT molecular complexity index is 515. The molecule has 0 unspecified atom stereocenters. The average molecular weight is 278 g/mol. The zero-order valence-electron chi connectivity index (χ0n) is 11.3. The van der Waals surface area contributed by atoms with Gasteiger partial charge in [0.1, 0.15) is 0 Å². The van der Waals surface area contributed by atoms with Crippen LogP contribution in [0.4, 0.5) is 11.9 Å². The predicted molar refractivity (Wildman–Crippen MR) is 74.4 cm³/mol. The molecule has 2 aromatic rings. The number of hydrogen-bond acceptors (Lipinski definition) is 8. The van der Waals surface area contributed by atoms with E-state index < -0.39 is 0 Å². The summed E-state index contributed by atoms with van der Waals surface area (Å²) in [7, 11) is 0. The highest BCUT2D eigenvalue weighted by Gasteiger charge is 2.07. The number of rotatable bonds is 8. The summed E-state index contributed by atoms with van der Waals surface area (Å²) < 4.78 is 6.79. The highest BCUT2D eigenvalue weighted by atomic mass is 16.5. The second-order valence-electron chi connectivity index (χ2n) is 3.85. The summed E-state index contributed by atoms with van der Waals surface area (Å²) in [4.78, 5) is 12.5. The van der Waals surface area contributed by atoms with Gasteiger partial charge in [-0.15, -0.1) is 0 Å². The number of nitrogens with one attached hydrogen (secondary N) is 2. The van der Waals surface area contributed by atoms with Crippen molar-refractivity contribution in [3.8, 4) is 5.95 Å². The topological polar surface area (TPSA) is 116 Å². The SMILES string of the molecule is CCOCCCNc1nc(NN)nc(-n2cccn2)n1. The lowest BCUT2D eigenvalue weighted by Gasteiger charge is -2.08. The fourth-order valence-corrected chi connectivity index (χ4v) is 1.52. The molecule has 108 valence electrons. The third kappa shape index (κ3) is 3.87. The van der Waals surface area contributed by atoms with Crippen LogP contribution in [0.25, 0.3) is 5.95 Å². The second kappa shape index (κ2) is 7.36. The van der Waals surface area contributed by atoms with Gasteiger partial charge in [0.2, 0.25) is 11.9 Å². The second-order valence-corrected chi connectivity index (χ2v) is 3.85. The molecule has 2 aromatic heterocycles. The molecular formula is C11H18N8O. The zero-order valence-corrected chi connectivity index (χ0v) is 11.3. The van der Waals surface area contributed by atoms with E-state index in [1.54, 1.807) is 18.5 Å². The van der Waals surface area contributed by atoms with Gasteiger partial charge in [0.25, 0.3) is 5.95 Å². The molecule has 0 amide bonds. The van der Waals surface area contributed by atoms with Gasteiger partial charge in [-0.3, -0.25) is 5.43 Å². The van der Waals surface area contributed by atoms with Crippen molar-refractivity contribution >= 4 is 11.9 Å². The summed E-state index contributed by atoms with van der Waals surface area (Å²) in [5, 5.41) is 7.17. The van der Waals surface area contributed by atoms with Crippen molar-refractivity contribution in [3.63, 3.8) is 0 Å². The lowest BCUT2D eigenvalue weighted by atomic mass is 10.4. The maximum Gasteiger partial charge on any atom is 0.257 e. The fraction of sp³-hybridized carbons (Fsp3) is 0.455. The van der Waals surface area contributed by atoms with Gasteiger partial charge in [0.05, 0.1) is 0 Å². The highest BCUT2D eigenvalue weighted by Crippen LogP contribution is 2.07. The van der Waals surface area contributed by atoms with Crippen molar-refractivity contribution in [2.75, 3.05) is 30.5 Å². The largest absolute Gasteiger partial charge is 0.382 e. The molecule has 0 aliphatic rings. The van der Waals surface area contributed by atoms with Gasteiger partial charge in [-0.05, 0) is 19.4 Å². The Morgan fingerprint density at radius 2 is 2.15 bits per heavy atom. The van der Waals surface area contributed by atoms with Gasteiger partial charge < -0.3 is 10.1 Å². The third-order valence-corrected chi connectivity index (χ3v) is 2.41. The first-order valence-corrected chi connectivity index (χ1v) is 6.37. The molecule has 9 heteroatoms. The Kier molecular flexibility index (Phi) is 5.21. The average Bonchev–Trinajstić information content (AvgIpc) is 3.01. The summed E-state index contributed by atoms with van der Waals surface area (Å²) in [6, 6.07) is 1.79. The van der Waals surface area contributed by atoms with Crippen molar-refractivity contribution in [2.45, 2.75) is 13.3 Å². The first-order valence-electron chi connectivity index (χ1n) is 6.37. The normalized spacial score (nSPS) is 10.5. The molecule has 0 atom stereocenters. The maximum atomic E-state index is 5.36. The zero-order chi connectivity index (χ0) is 14.2. The Morgan fingerprint density at radius 3 is 2.85 bits per heavy atom. The van der Waals surface area contributed by atoms with Crippen molar-refractivity contribution in [3.05, 3.63) is 18.5 Å².